The zero-order valence-electron chi connectivity index (χ0n) is 17.5. The first-order chi connectivity index (χ1) is 15.7. The fraction of sp³-hybridized carbons (Fsp3) is 0.0741. The molecule has 1 heterocycles. The van der Waals surface area contributed by atoms with Gasteiger partial charge in [-0.3, -0.25) is 4.79 Å². The van der Waals surface area contributed by atoms with Crippen molar-refractivity contribution in [3.05, 3.63) is 112 Å². The third-order valence-electron chi connectivity index (χ3n) is 5.84. The molecule has 0 aliphatic heterocycles. The zero-order chi connectivity index (χ0) is 22.1. The van der Waals surface area contributed by atoms with Crippen LogP contribution in [-0.2, 0) is 0 Å². The molecule has 4 nitrogen and oxygen atoms in total. The number of carbonyl (C=O) groups is 1. The third-order valence-corrected chi connectivity index (χ3v) is 6.53. The molecule has 1 unspecified atom stereocenters. The van der Waals surface area contributed by atoms with Crippen LogP contribution in [0.15, 0.2) is 95.6 Å². The maximum absolute atomic E-state index is 12.0. The molecule has 0 aliphatic carbocycles. The van der Waals surface area contributed by atoms with E-state index in [1.807, 2.05) is 36.4 Å². The van der Waals surface area contributed by atoms with Crippen molar-refractivity contribution in [2.45, 2.75) is 6.04 Å². The van der Waals surface area contributed by atoms with Crippen molar-refractivity contribution < 1.29 is 4.79 Å². The lowest BCUT2D eigenvalue weighted by Gasteiger charge is -2.22. The van der Waals surface area contributed by atoms with Crippen molar-refractivity contribution in [3.63, 3.8) is 0 Å². The molecule has 0 aliphatic rings. The average molecular weight is 484 g/mol. The van der Waals surface area contributed by atoms with Crippen LogP contribution < -0.4 is 10.6 Å². The van der Waals surface area contributed by atoms with Gasteiger partial charge in [0.2, 0.25) is 0 Å². The summed E-state index contributed by atoms with van der Waals surface area (Å²) in [6, 6.07) is 28.5. The molecule has 32 heavy (non-hydrogen) atoms. The van der Waals surface area contributed by atoms with Gasteiger partial charge >= 0.3 is 0 Å². The maximum Gasteiger partial charge on any atom is 0.251 e. The van der Waals surface area contributed by atoms with E-state index in [9.17, 15) is 4.79 Å². The Morgan fingerprint density at radius 1 is 0.844 bits per heavy atom. The highest BCUT2D eigenvalue weighted by molar-refractivity contribution is 9.10. The van der Waals surface area contributed by atoms with Gasteiger partial charge in [0.05, 0.1) is 6.04 Å². The molecule has 0 saturated carbocycles. The van der Waals surface area contributed by atoms with Gasteiger partial charge in [0.25, 0.3) is 5.91 Å². The van der Waals surface area contributed by atoms with E-state index in [0.717, 1.165) is 37.6 Å². The van der Waals surface area contributed by atoms with Crippen molar-refractivity contribution in [1.82, 2.24) is 10.3 Å². The predicted molar refractivity (Wildman–Crippen MR) is 135 cm³/mol. The van der Waals surface area contributed by atoms with Gasteiger partial charge in [-0.05, 0) is 41.3 Å². The Bertz CT molecular complexity index is 1420. The van der Waals surface area contributed by atoms with Crippen molar-refractivity contribution in [1.29, 1.82) is 0 Å². The lowest BCUT2D eigenvalue weighted by atomic mass is 9.96. The van der Waals surface area contributed by atoms with Gasteiger partial charge in [0.15, 0.2) is 0 Å². The number of rotatable bonds is 5. The first-order valence-corrected chi connectivity index (χ1v) is 11.3. The lowest BCUT2D eigenvalue weighted by Crippen LogP contribution is -2.18. The molecule has 5 rings (SSSR count). The van der Waals surface area contributed by atoms with Crippen LogP contribution >= 0.6 is 15.9 Å². The van der Waals surface area contributed by atoms with Crippen LogP contribution in [0.5, 0.6) is 0 Å². The van der Waals surface area contributed by atoms with Gasteiger partial charge in [-0.25, -0.2) is 0 Å². The highest BCUT2D eigenvalue weighted by Gasteiger charge is 2.20. The number of hydrogen-bond donors (Lipinski definition) is 3. The average Bonchev–Trinajstić information content (AvgIpc) is 3.27. The lowest BCUT2D eigenvalue weighted by molar-refractivity contribution is 0.0963. The summed E-state index contributed by atoms with van der Waals surface area (Å²) in [5.41, 5.74) is 5.02. The van der Waals surface area contributed by atoms with E-state index < -0.39 is 0 Å². The Morgan fingerprint density at radius 2 is 1.53 bits per heavy atom. The summed E-state index contributed by atoms with van der Waals surface area (Å²) in [5, 5.41) is 9.94. The second-order valence-electron chi connectivity index (χ2n) is 7.71. The molecular weight excluding hydrogens is 462 g/mol. The standard InChI is InChI=1S/C27H22BrN3O/c1-29-27(32)18-12-10-17(11-13-18)26(22-16-30-24-9-5-4-8-21(22)24)31-25-15-14-23(28)19-6-2-3-7-20(19)25/h2-16,26,30-31H,1H3,(H,29,32). The maximum atomic E-state index is 12.0. The van der Waals surface area contributed by atoms with E-state index in [0.29, 0.717) is 5.56 Å². The van der Waals surface area contributed by atoms with Gasteiger partial charge in [-0.1, -0.05) is 70.5 Å². The number of aromatic amines is 1. The largest absolute Gasteiger partial charge is 0.374 e. The Morgan fingerprint density at radius 3 is 2.28 bits per heavy atom. The molecule has 0 bridgehead atoms. The molecule has 0 radical (unpaired) electrons. The summed E-state index contributed by atoms with van der Waals surface area (Å²) in [4.78, 5) is 15.4. The predicted octanol–water partition coefficient (Wildman–Crippen LogP) is 6.64. The molecular formula is C27H22BrN3O. The van der Waals surface area contributed by atoms with Crippen LogP contribution in [-0.4, -0.2) is 17.9 Å². The number of benzene rings is 4. The van der Waals surface area contributed by atoms with Gasteiger partial charge < -0.3 is 15.6 Å². The van der Waals surface area contributed by atoms with E-state index in [1.54, 1.807) is 7.05 Å². The number of aromatic nitrogens is 1. The van der Waals surface area contributed by atoms with Crippen molar-refractivity contribution in [2.75, 3.05) is 12.4 Å². The highest BCUT2D eigenvalue weighted by atomic mass is 79.9. The molecule has 3 N–H and O–H groups in total. The minimum absolute atomic E-state index is 0.0907. The van der Waals surface area contributed by atoms with Crippen molar-refractivity contribution >= 4 is 49.2 Å². The van der Waals surface area contributed by atoms with Crippen molar-refractivity contribution in [2.24, 2.45) is 0 Å². The molecule has 0 fully saturated rings. The fourth-order valence-electron chi connectivity index (χ4n) is 4.19. The summed E-state index contributed by atoms with van der Waals surface area (Å²) in [6.45, 7) is 0. The van der Waals surface area contributed by atoms with Crippen LogP contribution in [0.25, 0.3) is 21.7 Å². The Balaban J connectivity index is 1.64. The second-order valence-corrected chi connectivity index (χ2v) is 8.56. The van der Waals surface area contributed by atoms with Crippen LogP contribution in [0.4, 0.5) is 5.69 Å². The van der Waals surface area contributed by atoms with Gasteiger partial charge in [-0.15, -0.1) is 0 Å². The van der Waals surface area contributed by atoms with Crippen molar-refractivity contribution in [3.8, 4) is 0 Å². The summed E-state index contributed by atoms with van der Waals surface area (Å²) in [5.74, 6) is -0.0907. The first-order valence-electron chi connectivity index (χ1n) is 10.5. The van der Waals surface area contributed by atoms with Crippen LogP contribution in [0.1, 0.15) is 27.5 Å². The number of carbonyl (C=O) groups excluding carboxylic acids is 1. The van der Waals surface area contributed by atoms with E-state index >= 15 is 0 Å². The SMILES string of the molecule is CNC(=O)c1ccc(C(Nc2ccc(Br)c3ccccc23)c2c[nH]c3ccccc23)cc1. The number of fused-ring (bicyclic) bond motifs is 2. The third kappa shape index (κ3) is 3.65. The fourth-order valence-corrected chi connectivity index (χ4v) is 4.67. The number of anilines is 1. The highest BCUT2D eigenvalue weighted by Crippen LogP contribution is 2.36. The monoisotopic (exact) mass is 483 g/mol. The minimum atomic E-state index is -0.102. The Kier molecular flexibility index (Phi) is 5.41. The Hall–Kier alpha value is -3.57. The van der Waals surface area contributed by atoms with Crippen LogP contribution in [0.2, 0.25) is 0 Å². The zero-order valence-corrected chi connectivity index (χ0v) is 19.1. The molecule has 5 heteroatoms. The van der Waals surface area contributed by atoms with E-state index in [-0.39, 0.29) is 11.9 Å². The number of hydrogen-bond acceptors (Lipinski definition) is 2. The van der Waals surface area contributed by atoms with E-state index in [2.05, 4.69) is 86.3 Å². The number of amides is 1. The minimum Gasteiger partial charge on any atom is -0.374 e. The smallest absolute Gasteiger partial charge is 0.251 e. The van der Waals surface area contributed by atoms with Gasteiger partial charge in [-0.2, -0.15) is 0 Å². The molecule has 1 atom stereocenters. The molecule has 158 valence electrons. The second kappa shape index (κ2) is 8.52. The van der Waals surface area contributed by atoms with Crippen LogP contribution in [0, 0.1) is 0 Å². The normalized spacial score (nSPS) is 12.1. The van der Waals surface area contributed by atoms with E-state index in [4.69, 9.17) is 0 Å². The molecule has 1 aromatic heterocycles. The number of H-pyrrole nitrogens is 1. The van der Waals surface area contributed by atoms with Gasteiger partial charge in [0.1, 0.15) is 0 Å². The number of nitrogens with one attached hydrogen (secondary N) is 3. The van der Waals surface area contributed by atoms with E-state index in [1.165, 1.54) is 5.39 Å². The molecule has 0 spiro atoms. The molecule has 4 aromatic carbocycles. The molecule has 1 amide bonds. The first kappa shape index (κ1) is 20.3. The van der Waals surface area contributed by atoms with Gasteiger partial charge in [0, 0.05) is 50.8 Å². The number of para-hydroxylation sites is 1. The summed E-state index contributed by atoms with van der Waals surface area (Å²) in [7, 11) is 1.64. The summed E-state index contributed by atoms with van der Waals surface area (Å²) < 4.78 is 1.07. The Labute approximate surface area is 194 Å². The quantitative estimate of drug-likeness (QED) is 0.262. The van der Waals surface area contributed by atoms with Crippen LogP contribution in [0.3, 0.4) is 0 Å². The molecule has 5 aromatic rings. The number of halogens is 1. The topological polar surface area (TPSA) is 56.9 Å². The molecule has 0 saturated heterocycles. The summed E-state index contributed by atoms with van der Waals surface area (Å²) >= 11 is 3.67. The summed E-state index contributed by atoms with van der Waals surface area (Å²) in [6.07, 6.45) is 2.07.